The van der Waals surface area contributed by atoms with Gasteiger partial charge in [-0.1, -0.05) is 0 Å². The van der Waals surface area contributed by atoms with Gasteiger partial charge in [-0.25, -0.2) is 4.79 Å². The molecule has 1 fully saturated rings. The maximum Gasteiger partial charge on any atom is 0.322 e. The molecule has 1 saturated heterocycles. The predicted molar refractivity (Wildman–Crippen MR) is 112 cm³/mol. The molecule has 3 rings (SSSR count). The second kappa shape index (κ2) is 9.51. The predicted octanol–water partition coefficient (Wildman–Crippen LogP) is 3.66. The Bertz CT molecular complexity index is 823. The van der Waals surface area contributed by atoms with Crippen molar-refractivity contribution in [1.29, 1.82) is 0 Å². The number of carbonyl (C=O) groups excluding carboxylic acids is 2. The first-order valence-electron chi connectivity index (χ1n) is 9.26. The SMILES string of the molecule is COc1cc(NC(=O)C2CCN(C(=O)Nc3cccs3)CC2)cc(OC)c1OC. The van der Waals surface area contributed by atoms with E-state index < -0.39 is 0 Å². The van der Waals surface area contributed by atoms with Gasteiger partial charge >= 0.3 is 6.03 Å². The number of methoxy groups -OCH3 is 3. The third-order valence-electron chi connectivity index (χ3n) is 4.84. The van der Waals surface area contributed by atoms with Gasteiger partial charge in [0.1, 0.15) is 0 Å². The zero-order valence-electron chi connectivity index (χ0n) is 16.7. The number of hydrogen-bond acceptors (Lipinski definition) is 6. The van der Waals surface area contributed by atoms with E-state index in [1.807, 2.05) is 17.5 Å². The van der Waals surface area contributed by atoms with Crippen LogP contribution in [-0.2, 0) is 4.79 Å². The highest BCUT2D eigenvalue weighted by molar-refractivity contribution is 7.14. The van der Waals surface area contributed by atoms with Crippen LogP contribution in [0.15, 0.2) is 29.6 Å². The third-order valence-corrected chi connectivity index (χ3v) is 5.62. The van der Waals surface area contributed by atoms with E-state index in [2.05, 4.69) is 10.6 Å². The van der Waals surface area contributed by atoms with Crippen LogP contribution in [0, 0.1) is 5.92 Å². The maximum atomic E-state index is 12.7. The van der Waals surface area contributed by atoms with Gasteiger partial charge in [0, 0.05) is 36.8 Å². The van der Waals surface area contributed by atoms with Gasteiger partial charge in [-0.15, -0.1) is 11.3 Å². The van der Waals surface area contributed by atoms with Gasteiger partial charge < -0.3 is 24.4 Å². The van der Waals surface area contributed by atoms with E-state index >= 15 is 0 Å². The number of nitrogens with one attached hydrogen (secondary N) is 2. The van der Waals surface area contributed by atoms with Crippen LogP contribution in [0.5, 0.6) is 17.2 Å². The van der Waals surface area contributed by atoms with E-state index in [0.29, 0.717) is 48.9 Å². The van der Waals surface area contributed by atoms with Crippen LogP contribution in [0.1, 0.15) is 12.8 Å². The van der Waals surface area contributed by atoms with Crippen LogP contribution >= 0.6 is 11.3 Å². The second-order valence-electron chi connectivity index (χ2n) is 6.57. The molecule has 0 spiro atoms. The number of likely N-dealkylation sites (tertiary alicyclic amines) is 1. The van der Waals surface area contributed by atoms with Crippen LogP contribution in [-0.4, -0.2) is 51.3 Å². The number of nitrogens with zero attached hydrogens (tertiary/aromatic N) is 1. The average molecular weight is 420 g/mol. The van der Waals surface area contributed by atoms with Gasteiger partial charge in [-0.2, -0.15) is 0 Å². The van der Waals surface area contributed by atoms with Gasteiger partial charge in [0.05, 0.1) is 26.3 Å². The summed E-state index contributed by atoms with van der Waals surface area (Å²) in [6.45, 7) is 1.06. The molecule has 8 nitrogen and oxygen atoms in total. The molecule has 1 aliphatic heterocycles. The van der Waals surface area contributed by atoms with Crippen molar-refractivity contribution in [3.8, 4) is 17.2 Å². The highest BCUT2D eigenvalue weighted by atomic mass is 32.1. The Balaban J connectivity index is 1.58. The Labute approximate surface area is 173 Å². The Morgan fingerprint density at radius 2 is 1.69 bits per heavy atom. The molecule has 9 heteroatoms. The fraction of sp³-hybridized carbons (Fsp3) is 0.400. The van der Waals surface area contributed by atoms with E-state index in [0.717, 1.165) is 5.00 Å². The summed E-state index contributed by atoms with van der Waals surface area (Å²) in [7, 11) is 4.58. The molecule has 2 aromatic rings. The number of carbonyl (C=O) groups is 2. The number of amides is 3. The van der Waals surface area contributed by atoms with Crippen molar-refractivity contribution in [2.24, 2.45) is 5.92 Å². The summed E-state index contributed by atoms with van der Waals surface area (Å²) in [5, 5.41) is 8.53. The number of anilines is 2. The van der Waals surface area contributed by atoms with E-state index in [9.17, 15) is 9.59 Å². The molecule has 0 bridgehead atoms. The molecular formula is C20H25N3O5S. The molecule has 0 atom stereocenters. The summed E-state index contributed by atoms with van der Waals surface area (Å²) in [5.74, 6) is 1.17. The van der Waals surface area contributed by atoms with Crippen LogP contribution < -0.4 is 24.8 Å². The highest BCUT2D eigenvalue weighted by Gasteiger charge is 2.28. The molecular weight excluding hydrogens is 394 g/mol. The lowest BCUT2D eigenvalue weighted by Crippen LogP contribution is -2.43. The average Bonchev–Trinajstić information content (AvgIpc) is 3.26. The third kappa shape index (κ3) is 4.92. The molecule has 29 heavy (non-hydrogen) atoms. The maximum absolute atomic E-state index is 12.7. The summed E-state index contributed by atoms with van der Waals surface area (Å²) < 4.78 is 15.9. The molecule has 0 unspecified atom stereocenters. The van der Waals surface area contributed by atoms with Crippen molar-refractivity contribution in [1.82, 2.24) is 4.90 Å². The van der Waals surface area contributed by atoms with Gasteiger partial charge in [-0.3, -0.25) is 10.1 Å². The Kier molecular flexibility index (Phi) is 6.82. The largest absolute Gasteiger partial charge is 0.493 e. The van der Waals surface area contributed by atoms with E-state index in [1.54, 1.807) is 17.0 Å². The summed E-state index contributed by atoms with van der Waals surface area (Å²) in [6, 6.07) is 7.02. The number of urea groups is 1. The first kappa shape index (κ1) is 20.8. The molecule has 156 valence electrons. The molecule has 0 saturated carbocycles. The number of thiophene rings is 1. The normalized spacial score (nSPS) is 14.2. The molecule has 2 N–H and O–H groups in total. The molecule has 2 heterocycles. The summed E-state index contributed by atoms with van der Waals surface area (Å²) in [4.78, 5) is 26.8. The number of benzene rings is 1. The zero-order valence-corrected chi connectivity index (χ0v) is 17.5. The van der Waals surface area contributed by atoms with Gasteiger partial charge in [0.2, 0.25) is 11.7 Å². The topological polar surface area (TPSA) is 89.1 Å². The van der Waals surface area contributed by atoms with E-state index in [-0.39, 0.29) is 17.9 Å². The molecule has 1 aromatic heterocycles. The van der Waals surface area contributed by atoms with Crippen molar-refractivity contribution >= 4 is 34.0 Å². The number of rotatable bonds is 6. The highest BCUT2D eigenvalue weighted by Crippen LogP contribution is 2.40. The van der Waals surface area contributed by atoms with Gasteiger partial charge in [0.15, 0.2) is 11.5 Å². The standard InChI is InChI=1S/C20H25N3O5S/c1-26-15-11-14(12-16(27-2)18(15)28-3)21-19(24)13-6-8-23(9-7-13)20(25)22-17-5-4-10-29-17/h4-5,10-13H,6-9H2,1-3H3,(H,21,24)(H,22,25). The molecule has 0 radical (unpaired) electrons. The first-order chi connectivity index (χ1) is 14.0. The minimum absolute atomic E-state index is 0.0856. The Morgan fingerprint density at radius 1 is 1.03 bits per heavy atom. The fourth-order valence-electron chi connectivity index (χ4n) is 3.28. The molecule has 1 aromatic carbocycles. The summed E-state index contributed by atoms with van der Waals surface area (Å²) in [5.41, 5.74) is 0.572. The van der Waals surface area contributed by atoms with Crippen LogP contribution in [0.3, 0.4) is 0 Å². The Hall–Kier alpha value is -2.94. The van der Waals surface area contributed by atoms with E-state index in [1.165, 1.54) is 32.7 Å². The van der Waals surface area contributed by atoms with Crippen molar-refractivity contribution in [3.63, 3.8) is 0 Å². The van der Waals surface area contributed by atoms with Crippen molar-refractivity contribution in [2.45, 2.75) is 12.8 Å². The van der Waals surface area contributed by atoms with Gasteiger partial charge in [-0.05, 0) is 30.4 Å². The first-order valence-corrected chi connectivity index (χ1v) is 10.1. The quantitative estimate of drug-likeness (QED) is 0.746. The van der Waals surface area contributed by atoms with Crippen LogP contribution in [0.4, 0.5) is 15.5 Å². The van der Waals surface area contributed by atoms with Crippen LogP contribution in [0.2, 0.25) is 0 Å². The Morgan fingerprint density at radius 3 is 2.21 bits per heavy atom. The minimum atomic E-state index is -0.167. The monoisotopic (exact) mass is 419 g/mol. The lowest BCUT2D eigenvalue weighted by Gasteiger charge is -2.31. The summed E-state index contributed by atoms with van der Waals surface area (Å²) >= 11 is 1.48. The van der Waals surface area contributed by atoms with Crippen molar-refractivity contribution in [3.05, 3.63) is 29.6 Å². The minimum Gasteiger partial charge on any atom is -0.493 e. The smallest absolute Gasteiger partial charge is 0.322 e. The second-order valence-corrected chi connectivity index (χ2v) is 7.52. The lowest BCUT2D eigenvalue weighted by molar-refractivity contribution is -0.121. The summed E-state index contributed by atoms with van der Waals surface area (Å²) in [6.07, 6.45) is 1.21. The molecule has 3 amide bonds. The molecule has 1 aliphatic rings. The van der Waals surface area contributed by atoms with Crippen molar-refractivity contribution in [2.75, 3.05) is 45.1 Å². The van der Waals surface area contributed by atoms with Crippen LogP contribution in [0.25, 0.3) is 0 Å². The fourth-order valence-corrected chi connectivity index (χ4v) is 3.88. The lowest BCUT2D eigenvalue weighted by atomic mass is 9.96. The number of hydrogen-bond donors (Lipinski definition) is 2. The zero-order chi connectivity index (χ0) is 20.8. The number of ether oxygens (including phenoxy) is 3. The molecule has 0 aliphatic carbocycles. The van der Waals surface area contributed by atoms with Crippen molar-refractivity contribution < 1.29 is 23.8 Å². The van der Waals surface area contributed by atoms with E-state index in [4.69, 9.17) is 14.2 Å². The van der Waals surface area contributed by atoms with Gasteiger partial charge in [0.25, 0.3) is 0 Å². The number of piperidine rings is 1.